The number of rotatable bonds is 4. The quantitative estimate of drug-likeness (QED) is 0.854. The fraction of sp³-hybridized carbons (Fsp3) is 0.545. The van der Waals surface area contributed by atoms with Crippen LogP contribution in [0.3, 0.4) is 0 Å². The maximum atomic E-state index is 11.7. The summed E-state index contributed by atoms with van der Waals surface area (Å²) in [5.41, 5.74) is 1.05. The van der Waals surface area contributed by atoms with Crippen LogP contribution >= 0.6 is 11.3 Å². The summed E-state index contributed by atoms with van der Waals surface area (Å²) in [5.74, 6) is -1.40. The summed E-state index contributed by atoms with van der Waals surface area (Å²) in [5, 5.41) is 14.0. The highest BCUT2D eigenvalue weighted by Gasteiger charge is 2.48. The van der Waals surface area contributed by atoms with E-state index in [-0.39, 0.29) is 11.8 Å². The van der Waals surface area contributed by atoms with Gasteiger partial charge in [0.15, 0.2) is 5.13 Å². The van der Waals surface area contributed by atoms with E-state index >= 15 is 0 Å². The van der Waals surface area contributed by atoms with E-state index < -0.39 is 11.9 Å². The van der Waals surface area contributed by atoms with Gasteiger partial charge in [0.05, 0.1) is 17.5 Å². The Labute approximate surface area is 102 Å². The zero-order valence-electron chi connectivity index (χ0n) is 9.05. The van der Waals surface area contributed by atoms with E-state index in [4.69, 9.17) is 5.11 Å². The van der Waals surface area contributed by atoms with Crippen molar-refractivity contribution in [3.63, 3.8) is 0 Å². The molecule has 17 heavy (non-hydrogen) atoms. The summed E-state index contributed by atoms with van der Waals surface area (Å²) in [7, 11) is 0. The molecule has 3 rings (SSSR count). The summed E-state index contributed by atoms with van der Waals surface area (Å²) < 4.78 is 0. The minimum absolute atomic E-state index is 0.214. The highest BCUT2D eigenvalue weighted by molar-refractivity contribution is 7.13. The van der Waals surface area contributed by atoms with Gasteiger partial charge in [-0.1, -0.05) is 0 Å². The van der Waals surface area contributed by atoms with Crippen molar-refractivity contribution in [2.75, 3.05) is 5.32 Å². The van der Waals surface area contributed by atoms with Crippen molar-refractivity contribution in [1.82, 2.24) is 4.98 Å². The third kappa shape index (κ3) is 2.17. The van der Waals surface area contributed by atoms with Crippen LogP contribution in [0.2, 0.25) is 0 Å². The molecule has 2 N–H and O–H groups in total. The van der Waals surface area contributed by atoms with Crippen LogP contribution < -0.4 is 5.32 Å². The lowest BCUT2D eigenvalue weighted by molar-refractivity contribution is -0.139. The molecule has 90 valence electrons. The Bertz CT molecular complexity index is 481. The van der Waals surface area contributed by atoms with Crippen molar-refractivity contribution >= 4 is 28.3 Å². The number of carbonyl (C=O) groups excluding carboxylic acids is 1. The molecule has 1 amide bonds. The van der Waals surface area contributed by atoms with E-state index in [1.54, 1.807) is 0 Å². The van der Waals surface area contributed by atoms with Crippen molar-refractivity contribution in [2.24, 2.45) is 11.8 Å². The molecule has 5 nitrogen and oxygen atoms in total. The standard InChI is InChI=1S/C11H12N2O3S/c14-9(6-3-7(6)10(15)16)13-11-12-8(4-17-11)5-1-2-5/h4-7H,1-3H2,(H,15,16)(H,12,13,14)/t6-,7+/m1/s1. The third-order valence-electron chi connectivity index (χ3n) is 3.19. The number of nitrogens with zero attached hydrogens (tertiary/aromatic N) is 1. The number of carboxylic acid groups (broad SMARTS) is 1. The van der Waals surface area contributed by atoms with E-state index in [1.807, 2.05) is 5.38 Å². The van der Waals surface area contributed by atoms with Crippen LogP contribution in [-0.2, 0) is 9.59 Å². The first-order valence-electron chi connectivity index (χ1n) is 5.64. The van der Waals surface area contributed by atoms with Gasteiger partial charge in [0.25, 0.3) is 0 Å². The Morgan fingerprint density at radius 3 is 2.76 bits per heavy atom. The number of hydrogen-bond donors (Lipinski definition) is 2. The molecule has 1 heterocycles. The Morgan fingerprint density at radius 1 is 1.41 bits per heavy atom. The van der Waals surface area contributed by atoms with Crippen LogP contribution in [0.5, 0.6) is 0 Å². The normalized spacial score (nSPS) is 26.6. The molecule has 1 aromatic rings. The number of anilines is 1. The lowest BCUT2D eigenvalue weighted by Gasteiger charge is -1.98. The fourth-order valence-corrected chi connectivity index (χ4v) is 2.66. The molecule has 0 bridgehead atoms. The van der Waals surface area contributed by atoms with Gasteiger partial charge in [-0.3, -0.25) is 9.59 Å². The van der Waals surface area contributed by atoms with Gasteiger partial charge in [-0.05, 0) is 19.3 Å². The molecule has 0 aliphatic heterocycles. The van der Waals surface area contributed by atoms with Crippen LogP contribution in [-0.4, -0.2) is 22.0 Å². The SMILES string of the molecule is O=C(O)[C@H]1C[C@H]1C(=O)Nc1nc(C2CC2)cs1. The molecule has 6 heteroatoms. The Kier molecular flexibility index (Phi) is 2.39. The summed E-state index contributed by atoms with van der Waals surface area (Å²) in [6.07, 6.45) is 2.81. The number of aliphatic carboxylic acids is 1. The largest absolute Gasteiger partial charge is 0.481 e. The van der Waals surface area contributed by atoms with Crippen molar-refractivity contribution in [1.29, 1.82) is 0 Å². The maximum Gasteiger partial charge on any atom is 0.307 e. The van der Waals surface area contributed by atoms with Crippen LogP contribution in [0.1, 0.15) is 30.9 Å². The van der Waals surface area contributed by atoms with E-state index in [0.29, 0.717) is 17.5 Å². The van der Waals surface area contributed by atoms with Gasteiger partial charge in [0.2, 0.25) is 5.91 Å². The number of aromatic nitrogens is 1. The van der Waals surface area contributed by atoms with Gasteiger partial charge >= 0.3 is 5.97 Å². The van der Waals surface area contributed by atoms with Crippen molar-refractivity contribution in [3.05, 3.63) is 11.1 Å². The second-order valence-corrected chi connectivity index (χ2v) is 5.49. The first kappa shape index (κ1) is 10.7. The van der Waals surface area contributed by atoms with Crippen molar-refractivity contribution < 1.29 is 14.7 Å². The topological polar surface area (TPSA) is 79.3 Å². The van der Waals surface area contributed by atoms with E-state index in [2.05, 4.69) is 10.3 Å². The van der Waals surface area contributed by atoms with Crippen LogP contribution in [0, 0.1) is 11.8 Å². The summed E-state index contributed by atoms with van der Waals surface area (Å²) >= 11 is 1.41. The number of carbonyl (C=O) groups is 2. The predicted octanol–water partition coefficient (Wildman–Crippen LogP) is 1.68. The Balaban J connectivity index is 1.59. The number of nitrogens with one attached hydrogen (secondary N) is 1. The molecule has 2 fully saturated rings. The number of amides is 1. The summed E-state index contributed by atoms with van der Waals surface area (Å²) in [6.45, 7) is 0. The van der Waals surface area contributed by atoms with Crippen LogP contribution in [0.15, 0.2) is 5.38 Å². The molecule has 0 saturated heterocycles. The van der Waals surface area contributed by atoms with Crippen molar-refractivity contribution in [2.45, 2.75) is 25.2 Å². The van der Waals surface area contributed by atoms with Gasteiger partial charge in [0.1, 0.15) is 0 Å². The minimum atomic E-state index is -0.886. The minimum Gasteiger partial charge on any atom is -0.481 e. The molecule has 0 aromatic carbocycles. The number of thiazole rings is 1. The molecular formula is C11H12N2O3S. The summed E-state index contributed by atoms with van der Waals surface area (Å²) in [6, 6.07) is 0. The zero-order valence-corrected chi connectivity index (χ0v) is 9.87. The average Bonchev–Trinajstić information content (AvgIpc) is 3.17. The molecule has 1 aromatic heterocycles. The smallest absolute Gasteiger partial charge is 0.307 e. The fourth-order valence-electron chi connectivity index (χ4n) is 1.87. The molecule has 0 unspecified atom stereocenters. The second kappa shape index (κ2) is 3.80. The predicted molar refractivity (Wildman–Crippen MR) is 62.0 cm³/mol. The first-order chi connectivity index (χ1) is 8.15. The van der Waals surface area contributed by atoms with Gasteiger partial charge < -0.3 is 10.4 Å². The van der Waals surface area contributed by atoms with Gasteiger partial charge in [-0.25, -0.2) is 4.98 Å². The Hall–Kier alpha value is -1.43. The first-order valence-corrected chi connectivity index (χ1v) is 6.52. The molecule has 2 aliphatic rings. The molecule has 0 spiro atoms. The van der Waals surface area contributed by atoms with E-state index in [0.717, 1.165) is 5.69 Å². The van der Waals surface area contributed by atoms with Gasteiger partial charge in [-0.2, -0.15) is 0 Å². The number of hydrogen-bond acceptors (Lipinski definition) is 4. The third-order valence-corrected chi connectivity index (χ3v) is 3.97. The molecule has 2 atom stereocenters. The van der Waals surface area contributed by atoms with Gasteiger partial charge in [0, 0.05) is 11.3 Å². The molecule has 0 radical (unpaired) electrons. The van der Waals surface area contributed by atoms with Crippen LogP contribution in [0.4, 0.5) is 5.13 Å². The van der Waals surface area contributed by atoms with Gasteiger partial charge in [-0.15, -0.1) is 11.3 Å². The second-order valence-electron chi connectivity index (χ2n) is 4.63. The molecular weight excluding hydrogens is 240 g/mol. The maximum absolute atomic E-state index is 11.7. The lowest BCUT2D eigenvalue weighted by Crippen LogP contribution is -2.16. The highest BCUT2D eigenvalue weighted by atomic mass is 32.1. The lowest BCUT2D eigenvalue weighted by atomic mass is 10.3. The molecule has 2 saturated carbocycles. The average molecular weight is 252 g/mol. The van der Waals surface area contributed by atoms with E-state index in [9.17, 15) is 9.59 Å². The van der Waals surface area contributed by atoms with Crippen molar-refractivity contribution in [3.8, 4) is 0 Å². The highest BCUT2D eigenvalue weighted by Crippen LogP contribution is 2.42. The number of carboxylic acids is 1. The summed E-state index contributed by atoms with van der Waals surface area (Å²) in [4.78, 5) is 26.6. The monoisotopic (exact) mass is 252 g/mol. The van der Waals surface area contributed by atoms with E-state index in [1.165, 1.54) is 24.2 Å². The van der Waals surface area contributed by atoms with Crippen LogP contribution in [0.25, 0.3) is 0 Å². The molecule has 2 aliphatic carbocycles. The zero-order chi connectivity index (χ0) is 12.0. The Morgan fingerprint density at radius 2 is 2.18 bits per heavy atom.